The molecule has 0 aliphatic heterocycles. The van der Waals surface area contributed by atoms with Crippen LogP contribution in [0.2, 0.25) is 0 Å². The van der Waals surface area contributed by atoms with E-state index >= 15 is 0 Å². The molecule has 0 aliphatic carbocycles. The lowest BCUT2D eigenvalue weighted by atomic mass is 10.1. The Kier molecular flexibility index (Phi) is 4.28. The molecule has 1 N–H and O–H groups in total. The van der Waals surface area contributed by atoms with Crippen molar-refractivity contribution in [2.24, 2.45) is 0 Å². The van der Waals surface area contributed by atoms with Gasteiger partial charge >= 0.3 is 0 Å². The Morgan fingerprint density at radius 2 is 2.00 bits per heavy atom. The minimum Gasteiger partial charge on any atom is -0.395 e. The van der Waals surface area contributed by atoms with Gasteiger partial charge in [0, 0.05) is 30.7 Å². The topological polar surface area (TPSA) is 36.4 Å². The molecule has 0 saturated heterocycles. The summed E-state index contributed by atoms with van der Waals surface area (Å²) in [6, 6.07) is 10.7. The lowest BCUT2D eigenvalue weighted by molar-refractivity contribution is 0.160. The van der Waals surface area contributed by atoms with Crippen LogP contribution in [0.1, 0.15) is 19.4 Å². The zero-order chi connectivity index (χ0) is 13.0. The van der Waals surface area contributed by atoms with Crippen molar-refractivity contribution < 1.29 is 5.11 Å². The van der Waals surface area contributed by atoms with Crippen molar-refractivity contribution in [2.45, 2.75) is 26.4 Å². The molecule has 0 saturated carbocycles. The fraction of sp³-hybridized carbons (Fsp3) is 0.400. The van der Waals surface area contributed by atoms with Gasteiger partial charge in [0.15, 0.2) is 0 Å². The van der Waals surface area contributed by atoms with E-state index in [1.165, 1.54) is 10.9 Å². The minimum atomic E-state index is 0.191. The largest absolute Gasteiger partial charge is 0.395 e. The molecule has 0 amide bonds. The van der Waals surface area contributed by atoms with Crippen molar-refractivity contribution in [3.63, 3.8) is 0 Å². The van der Waals surface area contributed by atoms with Crippen molar-refractivity contribution in [2.75, 3.05) is 13.2 Å². The van der Waals surface area contributed by atoms with Crippen LogP contribution in [0.15, 0.2) is 36.5 Å². The summed E-state index contributed by atoms with van der Waals surface area (Å²) >= 11 is 0. The molecular formula is C15H20N2O. The van der Waals surface area contributed by atoms with E-state index in [1.807, 2.05) is 12.3 Å². The van der Waals surface area contributed by atoms with Gasteiger partial charge in [-0.15, -0.1) is 0 Å². The number of aliphatic hydroxyl groups is 1. The zero-order valence-corrected chi connectivity index (χ0v) is 11.0. The van der Waals surface area contributed by atoms with E-state index in [0.717, 1.165) is 12.1 Å². The molecule has 1 heterocycles. The van der Waals surface area contributed by atoms with Gasteiger partial charge in [0.1, 0.15) is 0 Å². The molecule has 18 heavy (non-hydrogen) atoms. The van der Waals surface area contributed by atoms with Gasteiger partial charge in [-0.25, -0.2) is 0 Å². The second-order valence-electron chi connectivity index (χ2n) is 4.78. The van der Waals surface area contributed by atoms with E-state index in [2.05, 4.69) is 48.0 Å². The van der Waals surface area contributed by atoms with Gasteiger partial charge in [-0.2, -0.15) is 0 Å². The first-order valence-electron chi connectivity index (χ1n) is 6.40. The molecule has 3 heteroatoms. The molecule has 0 atom stereocenters. The van der Waals surface area contributed by atoms with Crippen LogP contribution in [0.25, 0.3) is 10.9 Å². The molecule has 0 radical (unpaired) electrons. The number of pyridine rings is 1. The van der Waals surface area contributed by atoms with Gasteiger partial charge < -0.3 is 5.11 Å². The number of benzene rings is 1. The van der Waals surface area contributed by atoms with E-state index in [-0.39, 0.29) is 6.61 Å². The summed E-state index contributed by atoms with van der Waals surface area (Å²) in [7, 11) is 0. The van der Waals surface area contributed by atoms with Gasteiger partial charge in [0.05, 0.1) is 12.1 Å². The predicted molar refractivity (Wildman–Crippen MR) is 74.4 cm³/mol. The average molecular weight is 244 g/mol. The Morgan fingerprint density at radius 1 is 1.22 bits per heavy atom. The summed E-state index contributed by atoms with van der Waals surface area (Å²) in [6.45, 7) is 6.01. The summed E-state index contributed by atoms with van der Waals surface area (Å²) in [5.74, 6) is 0. The number of hydrogen-bond donors (Lipinski definition) is 1. The number of hydrogen-bond acceptors (Lipinski definition) is 3. The third kappa shape index (κ3) is 2.86. The van der Waals surface area contributed by atoms with E-state index in [1.54, 1.807) is 0 Å². The second-order valence-corrected chi connectivity index (χ2v) is 4.78. The summed E-state index contributed by atoms with van der Waals surface area (Å²) in [4.78, 5) is 6.72. The second kappa shape index (κ2) is 5.94. The quantitative estimate of drug-likeness (QED) is 0.877. The Hall–Kier alpha value is -1.45. The van der Waals surface area contributed by atoms with Crippen molar-refractivity contribution in [1.29, 1.82) is 0 Å². The Labute approximate surface area is 108 Å². The Morgan fingerprint density at radius 3 is 2.72 bits per heavy atom. The number of para-hydroxylation sites is 1. The van der Waals surface area contributed by atoms with Gasteiger partial charge in [-0.3, -0.25) is 9.88 Å². The molecular weight excluding hydrogens is 224 g/mol. The number of fused-ring (bicyclic) bond motifs is 1. The van der Waals surface area contributed by atoms with Crippen LogP contribution in [0.4, 0.5) is 0 Å². The summed E-state index contributed by atoms with van der Waals surface area (Å²) in [6.07, 6.45) is 1.83. The SMILES string of the molecule is CC(C)N(CCO)Cc1cccc2cccnc12. The van der Waals surface area contributed by atoms with Gasteiger partial charge in [-0.1, -0.05) is 24.3 Å². The zero-order valence-electron chi connectivity index (χ0n) is 11.0. The van der Waals surface area contributed by atoms with Crippen molar-refractivity contribution >= 4 is 10.9 Å². The van der Waals surface area contributed by atoms with E-state index in [9.17, 15) is 0 Å². The first-order chi connectivity index (χ1) is 8.72. The van der Waals surface area contributed by atoms with Gasteiger partial charge in [0.25, 0.3) is 0 Å². The summed E-state index contributed by atoms with van der Waals surface area (Å²) in [5.41, 5.74) is 2.28. The molecule has 1 aromatic carbocycles. The molecule has 0 fully saturated rings. The standard InChI is InChI=1S/C15H20N2O/c1-12(2)17(9-10-18)11-14-6-3-5-13-7-4-8-16-15(13)14/h3-8,12,18H,9-11H2,1-2H3. The van der Waals surface area contributed by atoms with Crippen LogP contribution in [-0.2, 0) is 6.54 Å². The lowest BCUT2D eigenvalue weighted by Crippen LogP contribution is -2.33. The van der Waals surface area contributed by atoms with Crippen LogP contribution in [0.3, 0.4) is 0 Å². The van der Waals surface area contributed by atoms with Crippen LogP contribution in [0, 0.1) is 0 Å². The highest BCUT2D eigenvalue weighted by molar-refractivity contribution is 5.81. The molecule has 0 spiro atoms. The maximum absolute atomic E-state index is 9.12. The lowest BCUT2D eigenvalue weighted by Gasteiger charge is -2.25. The average Bonchev–Trinajstić information content (AvgIpc) is 2.38. The van der Waals surface area contributed by atoms with E-state index in [0.29, 0.717) is 12.6 Å². The molecule has 2 aromatic rings. The van der Waals surface area contributed by atoms with Gasteiger partial charge in [0.2, 0.25) is 0 Å². The predicted octanol–water partition coefficient (Wildman–Crippen LogP) is 2.44. The minimum absolute atomic E-state index is 0.191. The van der Waals surface area contributed by atoms with Gasteiger partial charge in [-0.05, 0) is 25.5 Å². The fourth-order valence-electron chi connectivity index (χ4n) is 2.16. The third-order valence-electron chi connectivity index (χ3n) is 3.21. The fourth-order valence-corrected chi connectivity index (χ4v) is 2.16. The first-order valence-corrected chi connectivity index (χ1v) is 6.40. The highest BCUT2D eigenvalue weighted by Crippen LogP contribution is 2.18. The van der Waals surface area contributed by atoms with Crippen LogP contribution < -0.4 is 0 Å². The summed E-state index contributed by atoms with van der Waals surface area (Å²) in [5, 5.41) is 10.3. The van der Waals surface area contributed by atoms with E-state index in [4.69, 9.17) is 5.11 Å². The monoisotopic (exact) mass is 244 g/mol. The molecule has 1 aromatic heterocycles. The highest BCUT2D eigenvalue weighted by atomic mass is 16.3. The van der Waals surface area contributed by atoms with Crippen molar-refractivity contribution in [3.05, 3.63) is 42.1 Å². The maximum atomic E-state index is 9.12. The number of nitrogens with zero attached hydrogens (tertiary/aromatic N) is 2. The molecule has 3 nitrogen and oxygen atoms in total. The smallest absolute Gasteiger partial charge is 0.0746 e. The van der Waals surface area contributed by atoms with Crippen molar-refractivity contribution in [3.8, 4) is 0 Å². The van der Waals surface area contributed by atoms with Crippen LogP contribution >= 0.6 is 0 Å². The molecule has 0 aliphatic rings. The number of aromatic nitrogens is 1. The maximum Gasteiger partial charge on any atom is 0.0746 e. The molecule has 0 bridgehead atoms. The third-order valence-corrected chi connectivity index (χ3v) is 3.21. The Balaban J connectivity index is 2.30. The van der Waals surface area contributed by atoms with Crippen molar-refractivity contribution in [1.82, 2.24) is 9.88 Å². The molecule has 2 rings (SSSR count). The number of aliphatic hydroxyl groups excluding tert-OH is 1. The molecule has 0 unspecified atom stereocenters. The summed E-state index contributed by atoms with van der Waals surface area (Å²) < 4.78 is 0. The first kappa shape index (κ1) is 13.0. The van der Waals surface area contributed by atoms with Crippen LogP contribution in [-0.4, -0.2) is 34.2 Å². The Bertz CT molecular complexity index is 505. The van der Waals surface area contributed by atoms with E-state index < -0.39 is 0 Å². The molecule has 96 valence electrons. The van der Waals surface area contributed by atoms with Crippen LogP contribution in [0.5, 0.6) is 0 Å². The highest BCUT2D eigenvalue weighted by Gasteiger charge is 2.11. The normalized spacial score (nSPS) is 11.6. The number of rotatable bonds is 5.